The zero-order valence-electron chi connectivity index (χ0n) is 19.3. The van der Waals surface area contributed by atoms with Crippen molar-refractivity contribution in [3.63, 3.8) is 0 Å². The number of anilines is 1. The monoisotopic (exact) mass is 440 g/mol. The van der Waals surface area contributed by atoms with Crippen LogP contribution in [0.2, 0.25) is 0 Å². The van der Waals surface area contributed by atoms with Crippen molar-refractivity contribution in [1.29, 1.82) is 0 Å². The molecule has 3 rings (SSSR count). The van der Waals surface area contributed by atoms with Gasteiger partial charge in [0.2, 0.25) is 0 Å². The molecule has 172 valence electrons. The molecule has 1 amide bonds. The fourth-order valence-electron chi connectivity index (χ4n) is 4.23. The Bertz CT molecular complexity index is 1010. The Morgan fingerprint density at radius 3 is 2.72 bits per heavy atom. The quantitative estimate of drug-likeness (QED) is 0.329. The van der Waals surface area contributed by atoms with E-state index >= 15 is 0 Å². The Morgan fingerprint density at radius 1 is 1.38 bits per heavy atom. The zero-order chi connectivity index (χ0) is 23.6. The van der Waals surface area contributed by atoms with Gasteiger partial charge in [0.25, 0.3) is 5.91 Å². The van der Waals surface area contributed by atoms with Gasteiger partial charge in [-0.2, -0.15) is 10.2 Å². The van der Waals surface area contributed by atoms with Crippen LogP contribution in [0.1, 0.15) is 65.9 Å². The lowest BCUT2D eigenvalue weighted by molar-refractivity contribution is -0.132. The van der Waals surface area contributed by atoms with E-state index in [0.29, 0.717) is 22.9 Å². The number of phenolic OH excluding ortho intramolecular Hbond substituents is 1. The number of carboxylic acid groups (broad SMARTS) is 1. The predicted octanol–water partition coefficient (Wildman–Crippen LogP) is 4.47. The molecule has 0 spiro atoms. The van der Waals surface area contributed by atoms with E-state index in [1.807, 2.05) is 0 Å². The van der Waals surface area contributed by atoms with E-state index in [1.165, 1.54) is 19.1 Å². The fourth-order valence-corrected chi connectivity index (χ4v) is 4.23. The van der Waals surface area contributed by atoms with Crippen LogP contribution in [0.4, 0.5) is 5.69 Å². The highest BCUT2D eigenvalue weighted by Crippen LogP contribution is 2.43. The van der Waals surface area contributed by atoms with Gasteiger partial charge in [-0.05, 0) is 68.2 Å². The van der Waals surface area contributed by atoms with Crippen LogP contribution in [0.25, 0.3) is 6.08 Å². The maximum absolute atomic E-state index is 13.0. The summed E-state index contributed by atoms with van der Waals surface area (Å²) < 4.78 is 0. The Hall–Kier alpha value is -3.16. The summed E-state index contributed by atoms with van der Waals surface area (Å²) in [4.78, 5) is 24.0. The summed E-state index contributed by atoms with van der Waals surface area (Å²) in [5.74, 6) is -0.789. The third kappa shape index (κ3) is 4.84. The smallest absolute Gasteiger partial charge is 0.331 e. The summed E-state index contributed by atoms with van der Waals surface area (Å²) in [6.45, 7) is 10.0. The number of carboxylic acids is 1. The molecule has 1 aromatic rings. The molecule has 2 atom stereocenters. The molecule has 0 bridgehead atoms. The summed E-state index contributed by atoms with van der Waals surface area (Å²) in [6, 6.07) is 4.76. The highest BCUT2D eigenvalue weighted by molar-refractivity contribution is 6.68. The second kappa shape index (κ2) is 9.14. The van der Waals surface area contributed by atoms with Crippen LogP contribution < -0.4 is 5.43 Å². The van der Waals surface area contributed by atoms with Crippen molar-refractivity contribution >= 4 is 35.1 Å². The molecule has 3 N–H and O–H groups in total. The summed E-state index contributed by atoms with van der Waals surface area (Å²) in [7, 11) is 0. The minimum atomic E-state index is -1.02. The first-order valence-electron chi connectivity index (χ1n) is 11.0. The third-order valence-electron chi connectivity index (χ3n) is 6.81. The van der Waals surface area contributed by atoms with Crippen LogP contribution in [-0.4, -0.2) is 44.6 Å². The van der Waals surface area contributed by atoms with Crippen molar-refractivity contribution in [3.05, 3.63) is 29.3 Å². The van der Waals surface area contributed by atoms with Gasteiger partial charge in [0, 0.05) is 5.57 Å². The lowest BCUT2D eigenvalue weighted by atomic mass is 9.76. The number of nitrogens with zero attached hydrogens (tertiary/aromatic N) is 3. The Morgan fingerprint density at radius 2 is 2.09 bits per heavy atom. The molecule has 1 heterocycles. The molecule has 1 saturated carbocycles. The van der Waals surface area contributed by atoms with Gasteiger partial charge in [0.05, 0.1) is 17.4 Å². The molecule has 0 aromatic heterocycles. The lowest BCUT2D eigenvalue weighted by Gasteiger charge is -2.31. The Balaban J connectivity index is 1.70. The number of amides is 1. The van der Waals surface area contributed by atoms with Gasteiger partial charge in [-0.1, -0.05) is 33.3 Å². The number of rotatable bonds is 7. The number of hydrogen-bond acceptors (Lipinski definition) is 6. The number of nitrogens with one attached hydrogen (secondary N) is 1. The van der Waals surface area contributed by atoms with Crippen molar-refractivity contribution in [1.82, 2.24) is 5.01 Å². The maximum atomic E-state index is 13.0. The van der Waals surface area contributed by atoms with E-state index in [-0.39, 0.29) is 34.4 Å². The number of carbonyl (C=O) groups excluding carboxylic acids is 1. The molecule has 0 radical (unpaired) electrons. The van der Waals surface area contributed by atoms with Crippen LogP contribution in [0.5, 0.6) is 5.75 Å². The number of carbonyl (C=O) groups is 2. The van der Waals surface area contributed by atoms with E-state index in [0.717, 1.165) is 25.7 Å². The normalized spacial score (nSPS) is 23.1. The average molecular weight is 441 g/mol. The fraction of sp³-hybridized carbons (Fsp3) is 0.500. The maximum Gasteiger partial charge on any atom is 0.331 e. The molecule has 1 fully saturated rings. The predicted molar refractivity (Wildman–Crippen MR) is 126 cm³/mol. The topological polar surface area (TPSA) is 115 Å². The van der Waals surface area contributed by atoms with Gasteiger partial charge in [-0.25, -0.2) is 9.80 Å². The molecule has 1 aromatic carbocycles. The van der Waals surface area contributed by atoms with E-state index in [1.54, 1.807) is 24.1 Å². The molecular formula is C24H32N4O4. The highest BCUT2D eigenvalue weighted by atomic mass is 16.4. The SMILES string of the molecule is CCC(C)(C)C1CCC(N2N=C(C)C(=NNc3ccc(/C=C(\C)C(=O)O)cc3O)C2=O)C1. The van der Waals surface area contributed by atoms with Crippen molar-refractivity contribution < 1.29 is 19.8 Å². The summed E-state index contributed by atoms with van der Waals surface area (Å²) in [5, 5.41) is 29.5. The summed E-state index contributed by atoms with van der Waals surface area (Å²) in [6.07, 6.45) is 5.52. The zero-order valence-corrected chi connectivity index (χ0v) is 19.3. The van der Waals surface area contributed by atoms with Crippen molar-refractivity contribution in [3.8, 4) is 5.75 Å². The number of aromatic hydroxyl groups is 1. The number of hydrogen-bond donors (Lipinski definition) is 3. The standard InChI is InChI=1S/C24H32N4O4/c1-6-24(4,5)17-8-9-18(13-17)28-22(30)21(15(3)27-28)26-25-19-10-7-16(12-20(19)29)11-14(2)23(31)32/h7,10-12,17-18,25,29H,6,8-9,13H2,1-5H3,(H,31,32)/b14-11+,26-21?. The van der Waals surface area contributed by atoms with Gasteiger partial charge in [-0.15, -0.1) is 0 Å². The Labute approximate surface area is 188 Å². The largest absolute Gasteiger partial charge is 0.506 e. The van der Waals surface area contributed by atoms with Crippen LogP contribution in [0, 0.1) is 11.3 Å². The molecule has 8 heteroatoms. The first kappa shape index (κ1) is 23.5. The first-order chi connectivity index (χ1) is 15.0. The van der Waals surface area contributed by atoms with Crippen LogP contribution in [0.15, 0.2) is 34.0 Å². The summed E-state index contributed by atoms with van der Waals surface area (Å²) >= 11 is 0. The molecule has 2 aliphatic rings. The van der Waals surface area contributed by atoms with E-state index in [4.69, 9.17) is 5.11 Å². The van der Waals surface area contributed by atoms with Gasteiger partial charge in [0.15, 0.2) is 5.71 Å². The second-order valence-corrected chi connectivity index (χ2v) is 9.32. The van der Waals surface area contributed by atoms with Crippen LogP contribution in [-0.2, 0) is 9.59 Å². The molecule has 1 aliphatic carbocycles. The molecule has 8 nitrogen and oxygen atoms in total. The minimum absolute atomic E-state index is 0.0814. The van der Waals surface area contributed by atoms with Gasteiger partial charge in [0.1, 0.15) is 5.75 Å². The lowest BCUT2D eigenvalue weighted by Crippen LogP contribution is -2.35. The van der Waals surface area contributed by atoms with E-state index in [9.17, 15) is 14.7 Å². The van der Waals surface area contributed by atoms with E-state index < -0.39 is 5.97 Å². The molecule has 2 unspecified atom stereocenters. The van der Waals surface area contributed by atoms with Gasteiger partial charge < -0.3 is 10.2 Å². The number of phenols is 1. The van der Waals surface area contributed by atoms with Gasteiger partial charge >= 0.3 is 5.97 Å². The molecule has 1 aliphatic heterocycles. The van der Waals surface area contributed by atoms with Gasteiger partial charge in [-0.3, -0.25) is 10.2 Å². The van der Waals surface area contributed by atoms with Crippen molar-refractivity contribution in [2.75, 3.05) is 5.43 Å². The van der Waals surface area contributed by atoms with E-state index in [2.05, 4.69) is 36.4 Å². The highest BCUT2D eigenvalue weighted by Gasteiger charge is 2.42. The second-order valence-electron chi connectivity index (χ2n) is 9.32. The average Bonchev–Trinajstić information content (AvgIpc) is 3.33. The van der Waals surface area contributed by atoms with Crippen LogP contribution in [0.3, 0.4) is 0 Å². The van der Waals surface area contributed by atoms with Crippen LogP contribution >= 0.6 is 0 Å². The molecule has 32 heavy (non-hydrogen) atoms. The number of aliphatic carboxylic acids is 1. The number of benzene rings is 1. The van der Waals surface area contributed by atoms with Crippen molar-refractivity contribution in [2.45, 2.75) is 66.3 Å². The Kier molecular flexibility index (Phi) is 6.71. The summed E-state index contributed by atoms with van der Waals surface area (Å²) in [5.41, 5.74) is 4.78. The van der Waals surface area contributed by atoms with Crippen molar-refractivity contribution in [2.24, 2.45) is 21.5 Å². The molecular weight excluding hydrogens is 408 g/mol. The minimum Gasteiger partial charge on any atom is -0.506 e. The number of hydrazone groups is 2. The molecule has 0 saturated heterocycles. The first-order valence-corrected chi connectivity index (χ1v) is 11.0. The third-order valence-corrected chi connectivity index (χ3v) is 6.81.